The van der Waals surface area contributed by atoms with Crippen molar-refractivity contribution in [2.45, 2.75) is 6.92 Å². The van der Waals surface area contributed by atoms with Crippen LogP contribution in [0.5, 0.6) is 0 Å². The highest BCUT2D eigenvalue weighted by Crippen LogP contribution is 2.33. The first kappa shape index (κ1) is 24.9. The molecule has 3 amide bonds. The maximum atomic E-state index is 13.5. The number of imide groups is 1. The van der Waals surface area contributed by atoms with Gasteiger partial charge in [0.15, 0.2) is 0 Å². The lowest BCUT2D eigenvalue weighted by atomic mass is 10.1. The fraction of sp³-hybridized carbons (Fsp3) is 0.0400. The Labute approximate surface area is 213 Å². The quantitative estimate of drug-likeness (QED) is 0.471. The van der Waals surface area contributed by atoms with Gasteiger partial charge in [0.25, 0.3) is 17.7 Å². The van der Waals surface area contributed by atoms with E-state index >= 15 is 0 Å². The summed E-state index contributed by atoms with van der Waals surface area (Å²) in [5, 5.41) is 15.9. The SMILES string of the molecule is Cc1ccc(C(=O)Nc2ccccc2C(=O)[O-])cc1NC1=C(Cl)C(=O)N(c2ccc(F)c(Cl)c2)C1=O. The Morgan fingerprint density at radius 2 is 1.67 bits per heavy atom. The molecule has 2 N–H and O–H groups in total. The van der Waals surface area contributed by atoms with E-state index in [-0.39, 0.29) is 33.2 Å². The van der Waals surface area contributed by atoms with Gasteiger partial charge in [-0.2, -0.15) is 0 Å². The van der Waals surface area contributed by atoms with Crippen LogP contribution in [-0.4, -0.2) is 23.7 Å². The van der Waals surface area contributed by atoms with E-state index in [4.69, 9.17) is 23.2 Å². The zero-order chi connectivity index (χ0) is 26.1. The highest BCUT2D eigenvalue weighted by molar-refractivity contribution is 6.53. The second kappa shape index (κ2) is 9.80. The number of para-hydroxylation sites is 1. The zero-order valence-electron chi connectivity index (χ0n) is 18.4. The number of nitrogens with one attached hydrogen (secondary N) is 2. The number of aromatic carboxylic acids is 1. The summed E-state index contributed by atoms with van der Waals surface area (Å²) in [6, 6.07) is 13.6. The Kier molecular flexibility index (Phi) is 6.78. The van der Waals surface area contributed by atoms with Crippen LogP contribution in [0.15, 0.2) is 71.4 Å². The molecule has 182 valence electrons. The van der Waals surface area contributed by atoms with Crippen molar-refractivity contribution in [3.05, 3.63) is 98.9 Å². The number of rotatable bonds is 6. The summed E-state index contributed by atoms with van der Waals surface area (Å²) in [4.78, 5) is 50.6. The number of carboxylic acid groups (broad SMARTS) is 1. The molecule has 1 aliphatic rings. The molecular weight excluding hydrogens is 512 g/mol. The van der Waals surface area contributed by atoms with Crippen molar-refractivity contribution in [2.75, 3.05) is 15.5 Å². The Bertz CT molecular complexity index is 1490. The van der Waals surface area contributed by atoms with E-state index in [9.17, 15) is 28.7 Å². The minimum atomic E-state index is -1.45. The minimum Gasteiger partial charge on any atom is -0.545 e. The predicted molar refractivity (Wildman–Crippen MR) is 130 cm³/mol. The number of hydrogen-bond acceptors (Lipinski definition) is 6. The summed E-state index contributed by atoms with van der Waals surface area (Å²) < 4.78 is 13.5. The van der Waals surface area contributed by atoms with Crippen molar-refractivity contribution < 1.29 is 28.7 Å². The van der Waals surface area contributed by atoms with Gasteiger partial charge >= 0.3 is 0 Å². The number of halogens is 3. The maximum absolute atomic E-state index is 13.5. The van der Waals surface area contributed by atoms with Crippen LogP contribution >= 0.6 is 23.2 Å². The van der Waals surface area contributed by atoms with Crippen LogP contribution in [-0.2, 0) is 9.59 Å². The average molecular weight is 527 g/mol. The van der Waals surface area contributed by atoms with Crippen LogP contribution < -0.4 is 20.6 Å². The zero-order valence-corrected chi connectivity index (χ0v) is 19.9. The average Bonchev–Trinajstić information content (AvgIpc) is 3.05. The van der Waals surface area contributed by atoms with Gasteiger partial charge in [0, 0.05) is 16.8 Å². The molecule has 1 heterocycles. The third-order valence-corrected chi connectivity index (χ3v) is 5.98. The third-order valence-electron chi connectivity index (χ3n) is 5.34. The molecule has 36 heavy (non-hydrogen) atoms. The minimum absolute atomic E-state index is 0.0304. The highest BCUT2D eigenvalue weighted by Gasteiger charge is 2.39. The predicted octanol–water partition coefficient (Wildman–Crippen LogP) is 3.84. The molecule has 8 nitrogen and oxygen atoms in total. The second-order valence-electron chi connectivity index (χ2n) is 7.67. The number of carboxylic acids is 1. The molecule has 11 heteroatoms. The van der Waals surface area contributed by atoms with Gasteiger partial charge in [0.1, 0.15) is 16.5 Å². The first-order chi connectivity index (χ1) is 17.1. The van der Waals surface area contributed by atoms with Gasteiger partial charge in [-0.15, -0.1) is 0 Å². The van der Waals surface area contributed by atoms with E-state index in [1.165, 1.54) is 36.4 Å². The van der Waals surface area contributed by atoms with Crippen LogP contribution in [0, 0.1) is 12.7 Å². The Balaban J connectivity index is 1.60. The molecule has 0 aliphatic carbocycles. The summed E-state index contributed by atoms with van der Waals surface area (Å²) in [6.45, 7) is 1.70. The van der Waals surface area contributed by atoms with Crippen LogP contribution in [0.3, 0.4) is 0 Å². The largest absolute Gasteiger partial charge is 0.545 e. The summed E-state index contributed by atoms with van der Waals surface area (Å²) in [7, 11) is 0. The molecular formula is C25H15Cl2FN3O5-. The number of anilines is 3. The topological polar surface area (TPSA) is 119 Å². The fourth-order valence-corrected chi connectivity index (χ4v) is 3.85. The van der Waals surface area contributed by atoms with Crippen molar-refractivity contribution in [2.24, 2.45) is 0 Å². The summed E-state index contributed by atoms with van der Waals surface area (Å²) in [5.74, 6) is -4.43. The number of aryl methyl sites for hydroxylation is 1. The summed E-state index contributed by atoms with van der Waals surface area (Å²) in [5.41, 5.74) is 0.684. The first-order valence-corrected chi connectivity index (χ1v) is 11.1. The number of nitrogens with zero attached hydrogens (tertiary/aromatic N) is 1. The van der Waals surface area contributed by atoms with Gasteiger partial charge in [0.05, 0.1) is 22.4 Å². The standard InChI is InChI=1S/C25H16Cl2FN3O5/c1-12-6-7-13(22(32)30-18-5-3-2-4-15(18)25(35)36)10-19(12)29-21-20(27)23(33)31(24(21)34)14-8-9-17(28)16(26)11-14/h2-11,29H,1H3,(H,30,32)(H,35,36)/p-1. The van der Waals surface area contributed by atoms with E-state index in [0.29, 0.717) is 11.3 Å². The molecule has 0 saturated heterocycles. The van der Waals surface area contributed by atoms with Gasteiger partial charge in [-0.05, 0) is 48.9 Å². The second-order valence-corrected chi connectivity index (χ2v) is 8.46. The van der Waals surface area contributed by atoms with E-state index in [1.54, 1.807) is 19.1 Å². The Morgan fingerprint density at radius 1 is 0.944 bits per heavy atom. The van der Waals surface area contributed by atoms with Crippen LogP contribution in [0.4, 0.5) is 21.5 Å². The molecule has 0 saturated carbocycles. The normalized spacial score (nSPS) is 13.3. The summed E-state index contributed by atoms with van der Waals surface area (Å²) in [6.07, 6.45) is 0. The van der Waals surface area contributed by atoms with Gasteiger partial charge < -0.3 is 20.5 Å². The van der Waals surface area contributed by atoms with Crippen molar-refractivity contribution in [3.63, 3.8) is 0 Å². The number of carbonyl (C=O) groups is 4. The molecule has 0 aromatic heterocycles. The monoisotopic (exact) mass is 526 g/mol. The lowest BCUT2D eigenvalue weighted by Crippen LogP contribution is -2.32. The van der Waals surface area contributed by atoms with Gasteiger partial charge in [-0.3, -0.25) is 14.4 Å². The molecule has 0 radical (unpaired) electrons. The van der Waals surface area contributed by atoms with Crippen LogP contribution in [0.1, 0.15) is 26.3 Å². The van der Waals surface area contributed by atoms with E-state index < -0.39 is 34.5 Å². The lowest BCUT2D eigenvalue weighted by Gasteiger charge is -2.16. The van der Waals surface area contributed by atoms with Crippen molar-refractivity contribution in [1.29, 1.82) is 0 Å². The van der Waals surface area contributed by atoms with Gasteiger partial charge in [-0.1, -0.05) is 47.5 Å². The molecule has 3 aromatic carbocycles. The molecule has 0 unspecified atom stereocenters. The van der Waals surface area contributed by atoms with Gasteiger partial charge in [-0.25, -0.2) is 9.29 Å². The number of hydrogen-bond donors (Lipinski definition) is 2. The van der Waals surface area contributed by atoms with Crippen molar-refractivity contribution in [3.8, 4) is 0 Å². The Morgan fingerprint density at radius 3 is 2.36 bits per heavy atom. The fourth-order valence-electron chi connectivity index (χ4n) is 3.47. The Hall–Kier alpha value is -4.21. The third kappa shape index (κ3) is 4.66. The van der Waals surface area contributed by atoms with E-state index in [1.807, 2.05) is 0 Å². The maximum Gasteiger partial charge on any atom is 0.283 e. The van der Waals surface area contributed by atoms with E-state index in [0.717, 1.165) is 17.0 Å². The molecule has 0 spiro atoms. The molecule has 3 aromatic rings. The first-order valence-electron chi connectivity index (χ1n) is 10.3. The van der Waals surface area contributed by atoms with Crippen molar-refractivity contribution >= 4 is 64.0 Å². The smallest absolute Gasteiger partial charge is 0.283 e. The molecule has 4 rings (SSSR count). The molecule has 1 aliphatic heterocycles. The summed E-state index contributed by atoms with van der Waals surface area (Å²) >= 11 is 11.9. The molecule has 0 atom stereocenters. The van der Waals surface area contributed by atoms with Crippen LogP contribution in [0.2, 0.25) is 5.02 Å². The van der Waals surface area contributed by atoms with Crippen molar-refractivity contribution in [1.82, 2.24) is 0 Å². The number of carbonyl (C=O) groups excluding carboxylic acids is 4. The lowest BCUT2D eigenvalue weighted by molar-refractivity contribution is -0.254. The molecule has 0 bridgehead atoms. The molecule has 0 fully saturated rings. The highest BCUT2D eigenvalue weighted by atomic mass is 35.5. The van der Waals surface area contributed by atoms with Gasteiger partial charge in [0.2, 0.25) is 0 Å². The van der Waals surface area contributed by atoms with E-state index in [2.05, 4.69) is 10.6 Å². The number of amides is 3. The number of benzene rings is 3. The van der Waals surface area contributed by atoms with Crippen LogP contribution in [0.25, 0.3) is 0 Å².